The third-order valence-electron chi connectivity index (χ3n) is 4.89. The zero-order chi connectivity index (χ0) is 14.4. The maximum atomic E-state index is 3.78. The molecule has 0 bridgehead atoms. The van der Waals surface area contributed by atoms with Gasteiger partial charge in [-0.05, 0) is 50.5 Å². The first-order chi connectivity index (χ1) is 9.57. The number of rotatable bonds is 6. The van der Waals surface area contributed by atoms with E-state index in [1.165, 1.54) is 62.6 Å². The highest BCUT2D eigenvalue weighted by atomic mass is 14.9. The van der Waals surface area contributed by atoms with E-state index in [9.17, 15) is 0 Å². The highest BCUT2D eigenvalue weighted by molar-refractivity contribution is 5.22. The van der Waals surface area contributed by atoms with Crippen LogP contribution in [0.3, 0.4) is 0 Å². The molecule has 0 saturated heterocycles. The highest BCUT2D eigenvalue weighted by Crippen LogP contribution is 2.35. The van der Waals surface area contributed by atoms with Gasteiger partial charge in [-0.15, -0.1) is 0 Å². The molecule has 2 rings (SSSR count). The molecule has 1 nitrogen and oxygen atoms in total. The first-order valence-corrected chi connectivity index (χ1v) is 8.36. The number of hydrogen-bond acceptors (Lipinski definition) is 1. The Labute approximate surface area is 125 Å². The number of aryl methyl sites for hydroxylation is 2. The topological polar surface area (TPSA) is 12.0 Å². The Hall–Kier alpha value is -0.820. The summed E-state index contributed by atoms with van der Waals surface area (Å²) in [4.78, 5) is 0. The van der Waals surface area contributed by atoms with Crippen LogP contribution in [-0.4, -0.2) is 12.6 Å². The Morgan fingerprint density at radius 3 is 2.65 bits per heavy atom. The molecule has 20 heavy (non-hydrogen) atoms. The van der Waals surface area contributed by atoms with Gasteiger partial charge in [0, 0.05) is 12.6 Å². The molecule has 1 aliphatic carbocycles. The minimum atomic E-state index is 0.551. The van der Waals surface area contributed by atoms with Crippen LogP contribution in [-0.2, 0) is 6.42 Å². The van der Waals surface area contributed by atoms with Gasteiger partial charge in [0.25, 0.3) is 0 Å². The van der Waals surface area contributed by atoms with Crippen molar-refractivity contribution in [3.05, 3.63) is 35.4 Å². The van der Waals surface area contributed by atoms with Gasteiger partial charge in [0.1, 0.15) is 0 Å². The molecule has 0 aromatic heterocycles. The van der Waals surface area contributed by atoms with Crippen molar-refractivity contribution < 1.29 is 0 Å². The summed E-state index contributed by atoms with van der Waals surface area (Å²) in [6, 6.07) is 9.53. The lowest BCUT2D eigenvalue weighted by molar-refractivity contribution is 0.200. The minimum Gasteiger partial charge on any atom is -0.314 e. The van der Waals surface area contributed by atoms with Crippen LogP contribution in [0.5, 0.6) is 0 Å². The predicted octanol–water partition coefficient (Wildman–Crippen LogP) is 4.88. The second-order valence-corrected chi connectivity index (χ2v) is 7.18. The van der Waals surface area contributed by atoms with Crippen molar-refractivity contribution in [1.29, 1.82) is 0 Å². The average molecular weight is 273 g/mol. The van der Waals surface area contributed by atoms with Gasteiger partial charge in [-0.3, -0.25) is 0 Å². The second kappa shape index (κ2) is 7.26. The van der Waals surface area contributed by atoms with Gasteiger partial charge in [0.2, 0.25) is 0 Å². The first-order valence-electron chi connectivity index (χ1n) is 8.36. The molecule has 112 valence electrons. The van der Waals surface area contributed by atoms with Crippen LogP contribution < -0.4 is 5.32 Å². The van der Waals surface area contributed by atoms with Crippen LogP contribution in [0.2, 0.25) is 0 Å². The van der Waals surface area contributed by atoms with Gasteiger partial charge in [0.05, 0.1) is 0 Å². The molecule has 1 unspecified atom stereocenters. The van der Waals surface area contributed by atoms with Crippen molar-refractivity contribution in [2.24, 2.45) is 5.41 Å². The highest BCUT2D eigenvalue weighted by Gasteiger charge is 2.26. The van der Waals surface area contributed by atoms with Crippen molar-refractivity contribution in [3.8, 4) is 0 Å². The molecular formula is C19H31N. The standard InChI is InChI=1S/C19H31N/c1-16-8-7-9-18(14-16)11-10-17(2)20-15-19(3)12-5-4-6-13-19/h7-9,14,17,20H,4-6,10-13,15H2,1-3H3. The molecule has 0 spiro atoms. The summed E-state index contributed by atoms with van der Waals surface area (Å²) in [7, 11) is 0. The normalized spacial score (nSPS) is 19.8. The van der Waals surface area contributed by atoms with Gasteiger partial charge in [-0.1, -0.05) is 56.0 Å². The summed E-state index contributed by atoms with van der Waals surface area (Å²) in [6.45, 7) is 8.17. The monoisotopic (exact) mass is 273 g/mol. The van der Waals surface area contributed by atoms with Crippen LogP contribution in [0.4, 0.5) is 0 Å². The third kappa shape index (κ3) is 4.94. The average Bonchev–Trinajstić information content (AvgIpc) is 2.44. The molecule has 1 saturated carbocycles. The SMILES string of the molecule is Cc1cccc(CCC(C)NCC2(C)CCCCC2)c1. The van der Waals surface area contributed by atoms with E-state index >= 15 is 0 Å². The van der Waals surface area contributed by atoms with Gasteiger partial charge in [-0.25, -0.2) is 0 Å². The summed E-state index contributed by atoms with van der Waals surface area (Å²) in [6.07, 6.45) is 9.53. The molecule has 1 fully saturated rings. The Kier molecular flexibility index (Phi) is 5.65. The van der Waals surface area contributed by atoms with E-state index in [4.69, 9.17) is 0 Å². The summed E-state index contributed by atoms with van der Waals surface area (Å²) in [5, 5.41) is 3.78. The quantitative estimate of drug-likeness (QED) is 0.779. The van der Waals surface area contributed by atoms with E-state index in [-0.39, 0.29) is 0 Å². The van der Waals surface area contributed by atoms with E-state index in [2.05, 4.69) is 50.4 Å². The van der Waals surface area contributed by atoms with Gasteiger partial charge in [-0.2, -0.15) is 0 Å². The van der Waals surface area contributed by atoms with Crippen LogP contribution in [0.15, 0.2) is 24.3 Å². The Bertz CT molecular complexity index is 404. The zero-order valence-corrected chi connectivity index (χ0v) is 13.5. The van der Waals surface area contributed by atoms with Crippen molar-refractivity contribution in [2.45, 2.75) is 71.8 Å². The predicted molar refractivity (Wildman–Crippen MR) is 88.2 cm³/mol. The second-order valence-electron chi connectivity index (χ2n) is 7.18. The lowest BCUT2D eigenvalue weighted by Gasteiger charge is -2.35. The molecular weight excluding hydrogens is 242 g/mol. The van der Waals surface area contributed by atoms with E-state index in [1.54, 1.807) is 0 Å². The molecule has 0 radical (unpaired) electrons. The fraction of sp³-hybridized carbons (Fsp3) is 0.684. The number of benzene rings is 1. The zero-order valence-electron chi connectivity index (χ0n) is 13.5. The lowest BCUT2D eigenvalue weighted by atomic mass is 9.75. The van der Waals surface area contributed by atoms with Gasteiger partial charge < -0.3 is 5.32 Å². The molecule has 1 aromatic carbocycles. The van der Waals surface area contributed by atoms with Gasteiger partial charge in [0.15, 0.2) is 0 Å². The van der Waals surface area contributed by atoms with Crippen LogP contribution in [0, 0.1) is 12.3 Å². The molecule has 0 amide bonds. The van der Waals surface area contributed by atoms with Crippen molar-refractivity contribution in [1.82, 2.24) is 5.32 Å². The van der Waals surface area contributed by atoms with E-state index in [0.29, 0.717) is 11.5 Å². The maximum absolute atomic E-state index is 3.78. The first kappa shape index (κ1) is 15.6. The smallest absolute Gasteiger partial charge is 0.00421 e. The largest absolute Gasteiger partial charge is 0.314 e. The third-order valence-corrected chi connectivity index (χ3v) is 4.89. The summed E-state index contributed by atoms with van der Waals surface area (Å²) >= 11 is 0. The summed E-state index contributed by atoms with van der Waals surface area (Å²) < 4.78 is 0. The number of nitrogens with one attached hydrogen (secondary N) is 1. The molecule has 1 heteroatoms. The van der Waals surface area contributed by atoms with Gasteiger partial charge >= 0.3 is 0 Å². The van der Waals surface area contributed by atoms with E-state index < -0.39 is 0 Å². The molecule has 0 aliphatic heterocycles. The van der Waals surface area contributed by atoms with Crippen LogP contribution in [0.1, 0.15) is 63.5 Å². The van der Waals surface area contributed by atoms with Crippen LogP contribution in [0.25, 0.3) is 0 Å². The molecule has 1 N–H and O–H groups in total. The fourth-order valence-corrected chi connectivity index (χ4v) is 3.36. The lowest BCUT2D eigenvalue weighted by Crippen LogP contribution is -2.38. The summed E-state index contributed by atoms with van der Waals surface area (Å²) in [5.74, 6) is 0. The Morgan fingerprint density at radius 1 is 1.20 bits per heavy atom. The van der Waals surface area contributed by atoms with Crippen molar-refractivity contribution in [2.75, 3.05) is 6.54 Å². The molecule has 1 atom stereocenters. The molecule has 0 heterocycles. The Morgan fingerprint density at radius 2 is 1.95 bits per heavy atom. The van der Waals surface area contributed by atoms with Crippen molar-refractivity contribution >= 4 is 0 Å². The minimum absolute atomic E-state index is 0.551. The number of hydrogen-bond donors (Lipinski definition) is 1. The van der Waals surface area contributed by atoms with E-state index in [0.717, 1.165) is 0 Å². The Balaban J connectivity index is 1.71. The van der Waals surface area contributed by atoms with E-state index in [1.807, 2.05) is 0 Å². The summed E-state index contributed by atoms with van der Waals surface area (Å²) in [5.41, 5.74) is 3.40. The fourth-order valence-electron chi connectivity index (χ4n) is 3.36. The van der Waals surface area contributed by atoms with Crippen molar-refractivity contribution in [3.63, 3.8) is 0 Å². The van der Waals surface area contributed by atoms with Crippen LogP contribution >= 0.6 is 0 Å². The molecule has 1 aliphatic rings. The maximum Gasteiger partial charge on any atom is 0.00421 e. The molecule has 1 aromatic rings.